The Kier molecular flexibility index (Phi) is 12.6. The monoisotopic (exact) mass is 639 g/mol. The number of ether oxygens (including phenoxy) is 3. The van der Waals surface area contributed by atoms with Crippen LogP contribution >= 0.6 is 0 Å². The number of aliphatic hydroxyl groups excluding tert-OH is 3. The van der Waals surface area contributed by atoms with Crippen LogP contribution in [0.3, 0.4) is 0 Å². The second-order valence-electron chi connectivity index (χ2n) is 10.4. The van der Waals surface area contributed by atoms with E-state index in [4.69, 9.17) is 14.2 Å². The zero-order chi connectivity index (χ0) is 32.9. The first-order valence-corrected chi connectivity index (χ1v) is 14.6. The molecule has 1 aliphatic rings. The summed E-state index contributed by atoms with van der Waals surface area (Å²) in [4.78, 5) is 45.1. The third kappa shape index (κ3) is 9.84. The Morgan fingerprint density at radius 1 is 0.913 bits per heavy atom. The first-order valence-electron chi connectivity index (χ1n) is 14.6. The molecule has 2 aromatic carbocycles. The maximum atomic E-state index is 12.4. The minimum atomic E-state index is -1.41. The van der Waals surface area contributed by atoms with Crippen molar-refractivity contribution in [2.75, 3.05) is 18.5 Å². The van der Waals surface area contributed by atoms with Crippen LogP contribution in [0.1, 0.15) is 36.6 Å². The lowest BCUT2D eigenvalue weighted by Crippen LogP contribution is -2.41. The molecule has 0 radical (unpaired) electrons. The Morgan fingerprint density at radius 2 is 1.54 bits per heavy atom. The molecule has 5 atom stereocenters. The van der Waals surface area contributed by atoms with E-state index in [2.05, 4.69) is 20.6 Å². The molecule has 6 N–H and O–H groups in total. The molecule has 1 fully saturated rings. The fraction of sp³-hybridized carbons (Fsp3) is 0.387. The second-order valence-corrected chi connectivity index (χ2v) is 10.4. The van der Waals surface area contributed by atoms with E-state index in [1.165, 1.54) is 16.8 Å². The SMILES string of the molecule is O=C(Nc1ccn([C@@H]2O[C@H](CO)[C@@H](O)[C@H]2O)c(=NCCCC[C@H](NC(=O)OCc2ccccc2)C(=O)O)n1)OCc1ccccc1. The topological polar surface area (TPSA) is 214 Å². The van der Waals surface area contributed by atoms with Crippen molar-refractivity contribution in [3.8, 4) is 0 Å². The number of unbranched alkanes of at least 4 members (excludes halogenated alkanes) is 1. The van der Waals surface area contributed by atoms with Crippen molar-refractivity contribution in [2.45, 2.75) is 63.1 Å². The van der Waals surface area contributed by atoms with Crippen LogP contribution in [-0.4, -0.2) is 85.6 Å². The van der Waals surface area contributed by atoms with Crippen LogP contribution < -0.4 is 16.3 Å². The molecule has 4 rings (SSSR count). The number of hydrogen-bond donors (Lipinski definition) is 6. The Bertz CT molecular complexity index is 1500. The number of nitrogens with one attached hydrogen (secondary N) is 2. The van der Waals surface area contributed by atoms with E-state index in [1.54, 1.807) is 36.4 Å². The van der Waals surface area contributed by atoms with Crippen LogP contribution in [0.25, 0.3) is 0 Å². The van der Waals surface area contributed by atoms with E-state index in [0.717, 1.165) is 11.1 Å². The molecule has 15 heteroatoms. The van der Waals surface area contributed by atoms with Crippen molar-refractivity contribution in [1.29, 1.82) is 0 Å². The van der Waals surface area contributed by atoms with Crippen molar-refractivity contribution in [1.82, 2.24) is 14.9 Å². The van der Waals surface area contributed by atoms with Gasteiger partial charge in [0.25, 0.3) is 0 Å². The average molecular weight is 640 g/mol. The van der Waals surface area contributed by atoms with Crippen molar-refractivity contribution in [3.05, 3.63) is 89.7 Å². The number of carbonyl (C=O) groups excluding carboxylic acids is 2. The molecular formula is C31H37N5O10. The lowest BCUT2D eigenvalue weighted by atomic mass is 10.1. The Morgan fingerprint density at radius 3 is 2.13 bits per heavy atom. The average Bonchev–Trinajstić information content (AvgIpc) is 3.35. The fourth-order valence-electron chi connectivity index (χ4n) is 4.58. The predicted molar refractivity (Wildman–Crippen MR) is 161 cm³/mol. The van der Waals surface area contributed by atoms with Gasteiger partial charge in [0.2, 0.25) is 5.62 Å². The molecule has 1 aliphatic heterocycles. The number of anilines is 1. The maximum absolute atomic E-state index is 12.4. The van der Waals surface area contributed by atoms with E-state index < -0.39 is 55.3 Å². The molecule has 0 aliphatic carbocycles. The largest absolute Gasteiger partial charge is 0.480 e. The van der Waals surface area contributed by atoms with Crippen LogP contribution in [0.5, 0.6) is 0 Å². The second kappa shape index (κ2) is 17.0. The zero-order valence-electron chi connectivity index (χ0n) is 24.8. The normalized spacial score (nSPS) is 20.1. The Labute approximate surface area is 264 Å². The molecule has 1 saturated heterocycles. The highest BCUT2D eigenvalue weighted by atomic mass is 16.6. The smallest absolute Gasteiger partial charge is 0.413 e. The van der Waals surface area contributed by atoms with Crippen molar-refractivity contribution in [3.63, 3.8) is 0 Å². The first-order chi connectivity index (χ1) is 22.2. The van der Waals surface area contributed by atoms with Crippen molar-refractivity contribution < 1.29 is 49.0 Å². The summed E-state index contributed by atoms with van der Waals surface area (Å²) in [7, 11) is 0. The van der Waals surface area contributed by atoms with Crippen LogP contribution in [-0.2, 0) is 32.2 Å². The predicted octanol–water partition coefficient (Wildman–Crippen LogP) is 1.69. The molecule has 3 aromatic rings. The first kappa shape index (κ1) is 34.1. The number of carbonyl (C=O) groups is 3. The summed E-state index contributed by atoms with van der Waals surface area (Å²) in [6, 6.07) is 18.3. The molecule has 46 heavy (non-hydrogen) atoms. The third-order valence-corrected chi connectivity index (χ3v) is 7.04. The third-order valence-electron chi connectivity index (χ3n) is 7.04. The van der Waals surface area contributed by atoms with Gasteiger partial charge in [0.1, 0.15) is 43.4 Å². The van der Waals surface area contributed by atoms with E-state index in [0.29, 0.717) is 12.8 Å². The van der Waals surface area contributed by atoms with Crippen LogP contribution in [0.2, 0.25) is 0 Å². The molecule has 2 heterocycles. The van der Waals surface area contributed by atoms with Gasteiger partial charge in [-0.2, -0.15) is 4.98 Å². The van der Waals surface area contributed by atoms with Gasteiger partial charge >= 0.3 is 18.2 Å². The molecule has 15 nitrogen and oxygen atoms in total. The van der Waals surface area contributed by atoms with Gasteiger partial charge in [0.15, 0.2) is 6.23 Å². The van der Waals surface area contributed by atoms with Crippen molar-refractivity contribution >= 4 is 24.0 Å². The number of carboxylic acid groups (broad SMARTS) is 1. The number of aromatic nitrogens is 2. The van der Waals surface area contributed by atoms with E-state index in [1.807, 2.05) is 24.3 Å². The van der Waals surface area contributed by atoms with Gasteiger partial charge in [0.05, 0.1) is 6.61 Å². The lowest BCUT2D eigenvalue weighted by Gasteiger charge is -2.19. The van der Waals surface area contributed by atoms with Gasteiger partial charge in [-0.25, -0.2) is 14.4 Å². The van der Waals surface area contributed by atoms with Gasteiger partial charge in [-0.15, -0.1) is 0 Å². The van der Waals surface area contributed by atoms with Crippen LogP contribution in [0.15, 0.2) is 77.9 Å². The molecule has 0 bridgehead atoms. The number of aliphatic carboxylic acids is 1. The van der Waals surface area contributed by atoms with Crippen LogP contribution in [0, 0.1) is 0 Å². The molecule has 0 saturated carbocycles. The summed E-state index contributed by atoms with van der Waals surface area (Å²) in [5.41, 5.74) is 1.58. The minimum absolute atomic E-state index is 0.000946. The highest BCUT2D eigenvalue weighted by Gasteiger charge is 2.43. The highest BCUT2D eigenvalue weighted by molar-refractivity contribution is 5.83. The number of rotatable bonds is 14. The van der Waals surface area contributed by atoms with Crippen molar-refractivity contribution in [2.24, 2.45) is 4.99 Å². The number of alkyl carbamates (subject to hydrolysis) is 1. The van der Waals surface area contributed by atoms with Gasteiger partial charge in [-0.3, -0.25) is 14.9 Å². The Hall–Kier alpha value is -4.83. The summed E-state index contributed by atoms with van der Waals surface area (Å²) in [6.07, 6.45) is -4.26. The van der Waals surface area contributed by atoms with Gasteiger partial charge < -0.3 is 40.0 Å². The highest BCUT2D eigenvalue weighted by Crippen LogP contribution is 2.28. The number of carboxylic acids is 1. The molecule has 246 valence electrons. The molecule has 2 amide bonds. The van der Waals surface area contributed by atoms with E-state index >= 15 is 0 Å². The summed E-state index contributed by atoms with van der Waals surface area (Å²) < 4.78 is 17.3. The molecule has 0 spiro atoms. The summed E-state index contributed by atoms with van der Waals surface area (Å²) in [5, 5.41) is 44.8. The quantitative estimate of drug-likeness (QED) is 0.140. The minimum Gasteiger partial charge on any atom is -0.480 e. The van der Waals surface area contributed by atoms with Crippen LogP contribution in [0.4, 0.5) is 15.4 Å². The lowest BCUT2D eigenvalue weighted by molar-refractivity contribution is -0.139. The standard InChI is InChI=1S/C31H37N5O10/c37-17-23-25(38)26(39)27(46-23)36-16-14-24(35-31(43)45-19-21-11-5-2-6-12-21)34-29(36)32-15-8-7-13-22(28(40)41)33-30(42)44-18-20-9-3-1-4-10-20/h1-6,9-12,14,16,22-23,25-27,37-39H,7-8,13,15,17-19H2,(H,33,42)(H,40,41)(H,32,34,35,43)/t22-,23+,25+,26+,27+/m0/s1. The van der Waals surface area contributed by atoms with Gasteiger partial charge in [-0.1, -0.05) is 60.7 Å². The van der Waals surface area contributed by atoms with E-state index in [9.17, 15) is 34.8 Å². The summed E-state index contributed by atoms with van der Waals surface area (Å²) in [5.74, 6) is -1.13. The van der Waals surface area contributed by atoms with E-state index in [-0.39, 0.29) is 37.6 Å². The fourth-order valence-corrected chi connectivity index (χ4v) is 4.58. The maximum Gasteiger partial charge on any atom is 0.413 e. The molecular weight excluding hydrogens is 602 g/mol. The summed E-state index contributed by atoms with van der Waals surface area (Å²) in [6.45, 7) is -0.343. The molecule has 0 unspecified atom stereocenters. The number of aliphatic hydroxyl groups is 3. The summed E-state index contributed by atoms with van der Waals surface area (Å²) >= 11 is 0. The number of hydrogen-bond acceptors (Lipinski definition) is 11. The Balaban J connectivity index is 1.38. The molecule has 1 aromatic heterocycles. The zero-order valence-corrected chi connectivity index (χ0v) is 24.8. The number of nitrogens with zero attached hydrogens (tertiary/aromatic N) is 3. The van der Waals surface area contributed by atoms with Gasteiger partial charge in [-0.05, 0) is 36.5 Å². The van der Waals surface area contributed by atoms with Gasteiger partial charge in [0, 0.05) is 12.7 Å². The number of benzene rings is 2. The number of amides is 2.